The summed E-state index contributed by atoms with van der Waals surface area (Å²) in [5.41, 5.74) is 14.3. The van der Waals surface area contributed by atoms with Crippen molar-refractivity contribution < 1.29 is 9.53 Å². The molecule has 0 saturated heterocycles. The number of allylic oxidation sites excluding steroid dienone is 2. The number of aryl methyl sites for hydroxylation is 1. The third-order valence-corrected chi connectivity index (χ3v) is 4.81. The Kier molecular flexibility index (Phi) is 7.22. The molecule has 0 aliphatic heterocycles. The molecule has 31 heavy (non-hydrogen) atoms. The van der Waals surface area contributed by atoms with Crippen LogP contribution in [0.15, 0.2) is 78.9 Å². The molecule has 7 nitrogen and oxygen atoms in total. The summed E-state index contributed by atoms with van der Waals surface area (Å²) in [4.78, 5) is 16.2. The highest BCUT2D eigenvalue weighted by Crippen LogP contribution is 2.32. The lowest BCUT2D eigenvalue weighted by atomic mass is 10.1. The number of ether oxygens (including phenoxy) is 1. The summed E-state index contributed by atoms with van der Waals surface area (Å²) in [7, 11) is 0. The number of nitrogens with two attached hydrogens (primary N) is 2. The molecule has 160 valence electrons. The number of hydrogen-bond donors (Lipinski definition) is 2. The second-order valence-electron chi connectivity index (χ2n) is 7.11. The van der Waals surface area contributed by atoms with Crippen LogP contribution in [0.2, 0.25) is 0 Å². The Hall–Kier alpha value is -3.87. The standard InChI is InChI=1S/C24H27N5O2/c1-3-4-11-29-15-19(14-28-29)18-12-22-21(8-6-10-27-22)23(13-18)31-16-17(2)20(24(26)30)7-5-9-25/h5-10,12-15H,2-4,11,16,25H2,1H3,(H2,26,30)/b9-5-,20-7+. The molecule has 0 aliphatic rings. The van der Waals surface area contributed by atoms with E-state index in [0.29, 0.717) is 11.3 Å². The molecule has 0 bridgehead atoms. The van der Waals surface area contributed by atoms with E-state index in [4.69, 9.17) is 16.2 Å². The monoisotopic (exact) mass is 417 g/mol. The van der Waals surface area contributed by atoms with Gasteiger partial charge >= 0.3 is 0 Å². The number of benzene rings is 1. The number of hydrogen-bond acceptors (Lipinski definition) is 5. The summed E-state index contributed by atoms with van der Waals surface area (Å²) >= 11 is 0. The lowest BCUT2D eigenvalue weighted by Crippen LogP contribution is -2.18. The fraction of sp³-hybridized carbons (Fsp3) is 0.208. The highest BCUT2D eigenvalue weighted by molar-refractivity contribution is 5.96. The number of pyridine rings is 1. The third kappa shape index (κ3) is 5.39. The van der Waals surface area contributed by atoms with Crippen molar-refractivity contribution in [1.29, 1.82) is 0 Å². The van der Waals surface area contributed by atoms with Gasteiger partial charge in [0.15, 0.2) is 0 Å². The number of amides is 1. The van der Waals surface area contributed by atoms with Crippen LogP contribution in [0.5, 0.6) is 5.75 Å². The first-order valence-electron chi connectivity index (χ1n) is 10.1. The predicted octanol–water partition coefficient (Wildman–Crippen LogP) is 3.72. The van der Waals surface area contributed by atoms with Crippen LogP contribution in [0, 0.1) is 0 Å². The number of carbonyl (C=O) groups excluding carboxylic acids is 1. The van der Waals surface area contributed by atoms with Gasteiger partial charge in [-0.1, -0.05) is 19.9 Å². The van der Waals surface area contributed by atoms with Crippen molar-refractivity contribution in [2.45, 2.75) is 26.3 Å². The van der Waals surface area contributed by atoms with Gasteiger partial charge in [-0.3, -0.25) is 14.5 Å². The molecule has 4 N–H and O–H groups in total. The Bertz CT molecular complexity index is 1140. The number of primary amides is 1. The zero-order valence-corrected chi connectivity index (χ0v) is 17.6. The maximum atomic E-state index is 11.7. The minimum Gasteiger partial charge on any atom is -0.488 e. The van der Waals surface area contributed by atoms with Crippen LogP contribution in [0.3, 0.4) is 0 Å². The maximum Gasteiger partial charge on any atom is 0.249 e. The van der Waals surface area contributed by atoms with E-state index >= 15 is 0 Å². The number of aromatic nitrogens is 3. The summed E-state index contributed by atoms with van der Waals surface area (Å²) in [5, 5.41) is 5.32. The van der Waals surface area contributed by atoms with E-state index < -0.39 is 5.91 Å². The minimum absolute atomic E-state index is 0.0936. The first kappa shape index (κ1) is 21.8. The van der Waals surface area contributed by atoms with E-state index in [2.05, 4.69) is 23.6 Å². The Labute approximate surface area is 181 Å². The van der Waals surface area contributed by atoms with Gasteiger partial charge < -0.3 is 16.2 Å². The van der Waals surface area contributed by atoms with E-state index in [0.717, 1.165) is 41.4 Å². The number of unbranched alkanes of at least 4 members (excludes halogenated alkanes) is 1. The van der Waals surface area contributed by atoms with Crippen LogP contribution >= 0.6 is 0 Å². The van der Waals surface area contributed by atoms with Gasteiger partial charge in [0.05, 0.1) is 11.7 Å². The summed E-state index contributed by atoms with van der Waals surface area (Å²) in [6.45, 7) is 7.07. The molecule has 0 radical (unpaired) electrons. The SMILES string of the molecule is C=C(COc1cc(-c2cnn(CCCC)c2)cc2ncccc12)/C(=C\C=C/N)C(N)=O. The van der Waals surface area contributed by atoms with Crippen LogP contribution in [0.25, 0.3) is 22.0 Å². The molecular formula is C24H27N5O2. The zero-order valence-electron chi connectivity index (χ0n) is 17.6. The Balaban J connectivity index is 1.90. The van der Waals surface area contributed by atoms with Gasteiger partial charge in [-0.2, -0.15) is 5.10 Å². The van der Waals surface area contributed by atoms with Crippen LogP contribution in [0.1, 0.15) is 19.8 Å². The topological polar surface area (TPSA) is 109 Å². The van der Waals surface area contributed by atoms with Crippen LogP contribution in [0.4, 0.5) is 0 Å². The van der Waals surface area contributed by atoms with Crippen LogP contribution < -0.4 is 16.2 Å². The second kappa shape index (κ2) is 10.2. The minimum atomic E-state index is -0.591. The Morgan fingerprint density at radius 1 is 1.32 bits per heavy atom. The molecule has 0 spiro atoms. The van der Waals surface area contributed by atoms with Crippen molar-refractivity contribution in [3.8, 4) is 16.9 Å². The molecule has 7 heteroatoms. The maximum absolute atomic E-state index is 11.7. The average molecular weight is 418 g/mol. The van der Waals surface area contributed by atoms with E-state index in [1.54, 1.807) is 6.20 Å². The quantitative estimate of drug-likeness (QED) is 0.386. The Morgan fingerprint density at radius 3 is 2.90 bits per heavy atom. The molecule has 1 aromatic carbocycles. The summed E-state index contributed by atoms with van der Waals surface area (Å²) < 4.78 is 8.00. The second-order valence-corrected chi connectivity index (χ2v) is 7.11. The summed E-state index contributed by atoms with van der Waals surface area (Å²) in [5.74, 6) is 0.0488. The number of fused-ring (bicyclic) bond motifs is 1. The third-order valence-electron chi connectivity index (χ3n) is 4.81. The average Bonchev–Trinajstić information content (AvgIpc) is 3.25. The molecule has 0 saturated carbocycles. The molecule has 0 fully saturated rings. The highest BCUT2D eigenvalue weighted by atomic mass is 16.5. The molecule has 2 heterocycles. The summed E-state index contributed by atoms with van der Waals surface area (Å²) in [6.07, 6.45) is 12.2. The molecule has 0 atom stereocenters. The van der Waals surface area contributed by atoms with E-state index in [9.17, 15) is 4.79 Å². The molecule has 3 rings (SSSR count). The van der Waals surface area contributed by atoms with E-state index in [1.165, 1.54) is 18.4 Å². The predicted molar refractivity (Wildman–Crippen MR) is 123 cm³/mol. The molecule has 1 amide bonds. The smallest absolute Gasteiger partial charge is 0.249 e. The van der Waals surface area contributed by atoms with Crippen molar-refractivity contribution in [2.24, 2.45) is 11.5 Å². The molecular weight excluding hydrogens is 390 g/mol. The zero-order chi connectivity index (χ0) is 22.2. The van der Waals surface area contributed by atoms with Gasteiger partial charge in [-0.25, -0.2) is 0 Å². The lowest BCUT2D eigenvalue weighted by Gasteiger charge is -2.13. The van der Waals surface area contributed by atoms with E-state index in [-0.39, 0.29) is 12.2 Å². The molecule has 2 aromatic heterocycles. The van der Waals surface area contributed by atoms with Gasteiger partial charge in [-0.15, -0.1) is 0 Å². The lowest BCUT2D eigenvalue weighted by molar-refractivity contribution is -0.114. The van der Waals surface area contributed by atoms with Crippen LogP contribution in [-0.4, -0.2) is 27.3 Å². The van der Waals surface area contributed by atoms with Crippen molar-refractivity contribution in [2.75, 3.05) is 6.61 Å². The first-order chi connectivity index (χ1) is 15.0. The fourth-order valence-corrected chi connectivity index (χ4v) is 3.16. The molecule has 0 aliphatic carbocycles. The van der Waals surface area contributed by atoms with E-state index in [1.807, 2.05) is 41.3 Å². The Morgan fingerprint density at radius 2 is 2.16 bits per heavy atom. The molecule has 3 aromatic rings. The largest absolute Gasteiger partial charge is 0.488 e. The first-order valence-corrected chi connectivity index (χ1v) is 10.1. The van der Waals surface area contributed by atoms with Crippen LogP contribution in [-0.2, 0) is 11.3 Å². The van der Waals surface area contributed by atoms with Crippen molar-refractivity contribution in [1.82, 2.24) is 14.8 Å². The van der Waals surface area contributed by atoms with Crippen molar-refractivity contribution in [3.05, 3.63) is 78.9 Å². The van der Waals surface area contributed by atoms with Gasteiger partial charge in [-0.05, 0) is 60.2 Å². The number of nitrogens with zero attached hydrogens (tertiary/aromatic N) is 3. The number of carbonyl (C=O) groups is 1. The fourth-order valence-electron chi connectivity index (χ4n) is 3.16. The highest BCUT2D eigenvalue weighted by Gasteiger charge is 2.13. The summed E-state index contributed by atoms with van der Waals surface area (Å²) in [6, 6.07) is 7.76. The van der Waals surface area contributed by atoms with Crippen molar-refractivity contribution >= 4 is 16.8 Å². The van der Waals surface area contributed by atoms with Gasteiger partial charge in [0, 0.05) is 35.5 Å². The van der Waals surface area contributed by atoms with Gasteiger partial charge in [0.1, 0.15) is 12.4 Å². The van der Waals surface area contributed by atoms with Crippen molar-refractivity contribution in [3.63, 3.8) is 0 Å². The number of rotatable bonds is 10. The van der Waals surface area contributed by atoms with Gasteiger partial charge in [0.25, 0.3) is 0 Å². The van der Waals surface area contributed by atoms with Gasteiger partial charge in [0.2, 0.25) is 5.91 Å². The normalized spacial score (nSPS) is 11.8. The molecule has 0 unspecified atom stereocenters.